The number of hydrogen-bond acceptors (Lipinski definition) is 5. The molecule has 1 aromatic rings. The molecular weight excluding hydrogens is 463 g/mol. The Hall–Kier alpha value is -1.91. The zero-order valence-corrected chi connectivity index (χ0v) is 19.4. The Morgan fingerprint density at radius 2 is 1.63 bits per heavy atom. The molecule has 154 valence electrons. The molecule has 0 aromatic heterocycles. The lowest BCUT2D eigenvalue weighted by atomic mass is 9.92. The predicted octanol–water partition coefficient (Wildman–Crippen LogP) is 1.77. The van der Waals surface area contributed by atoms with E-state index in [1.165, 1.54) is 0 Å². The van der Waals surface area contributed by atoms with E-state index in [0.29, 0.717) is 36.3 Å². The summed E-state index contributed by atoms with van der Waals surface area (Å²) in [7, 11) is 8.03. The molecule has 1 amide bonds. The van der Waals surface area contributed by atoms with Gasteiger partial charge in [0.1, 0.15) is 0 Å². The Morgan fingerprint density at radius 3 is 2.04 bits per heavy atom. The highest BCUT2D eigenvalue weighted by Crippen LogP contribution is 2.38. The Morgan fingerprint density at radius 1 is 1.07 bits per heavy atom. The van der Waals surface area contributed by atoms with Crippen molar-refractivity contribution in [2.45, 2.75) is 20.4 Å². The molecule has 0 saturated carbocycles. The van der Waals surface area contributed by atoms with Gasteiger partial charge in [-0.05, 0) is 31.5 Å². The van der Waals surface area contributed by atoms with E-state index in [0.717, 1.165) is 5.56 Å². The number of hydrogen-bond donors (Lipinski definition) is 3. The second-order valence-corrected chi connectivity index (χ2v) is 6.28. The average molecular weight is 494 g/mol. The van der Waals surface area contributed by atoms with Gasteiger partial charge in [-0.25, -0.2) is 0 Å². The fourth-order valence-electron chi connectivity index (χ4n) is 2.37. The summed E-state index contributed by atoms with van der Waals surface area (Å²) >= 11 is 0. The first-order chi connectivity index (χ1) is 12.3. The standard InChI is InChI=1S/C18H30N4O4.HI/c1-18(2,16(23)19-3)11-22-17(20-4)21-10-12-8-13(24-5)15(26-7)14(9-12)25-6;/h8-9H,10-11H2,1-7H3,(H,19,23)(H2,20,21,22);1H. The highest BCUT2D eigenvalue weighted by atomic mass is 127. The third kappa shape index (κ3) is 6.96. The average Bonchev–Trinajstić information content (AvgIpc) is 2.66. The molecule has 0 unspecified atom stereocenters. The van der Waals surface area contributed by atoms with Gasteiger partial charge >= 0.3 is 0 Å². The van der Waals surface area contributed by atoms with Gasteiger partial charge in [0.25, 0.3) is 0 Å². The van der Waals surface area contributed by atoms with Crippen LogP contribution in [0.25, 0.3) is 0 Å². The monoisotopic (exact) mass is 494 g/mol. The first-order valence-electron chi connectivity index (χ1n) is 8.28. The Kier molecular flexibility index (Phi) is 10.9. The molecule has 0 heterocycles. The predicted molar refractivity (Wildman–Crippen MR) is 118 cm³/mol. The van der Waals surface area contributed by atoms with Crippen LogP contribution < -0.4 is 30.2 Å². The van der Waals surface area contributed by atoms with E-state index in [9.17, 15) is 4.79 Å². The summed E-state index contributed by atoms with van der Waals surface area (Å²) < 4.78 is 16.0. The topological polar surface area (TPSA) is 93.2 Å². The highest BCUT2D eigenvalue weighted by molar-refractivity contribution is 14.0. The van der Waals surface area contributed by atoms with Crippen LogP contribution in [0.1, 0.15) is 19.4 Å². The molecule has 0 atom stereocenters. The number of aliphatic imine (C=N–C) groups is 1. The van der Waals surface area contributed by atoms with Crippen molar-refractivity contribution in [3.8, 4) is 17.2 Å². The quantitative estimate of drug-likeness (QED) is 0.290. The number of amides is 1. The van der Waals surface area contributed by atoms with Crippen molar-refractivity contribution in [1.29, 1.82) is 0 Å². The molecule has 1 rings (SSSR count). The molecule has 27 heavy (non-hydrogen) atoms. The maximum absolute atomic E-state index is 11.9. The number of guanidine groups is 1. The third-order valence-electron chi connectivity index (χ3n) is 3.95. The van der Waals surface area contributed by atoms with Gasteiger partial charge in [0.05, 0.1) is 26.7 Å². The van der Waals surface area contributed by atoms with Gasteiger partial charge in [-0.1, -0.05) is 0 Å². The lowest BCUT2D eigenvalue weighted by Crippen LogP contribution is -2.47. The molecule has 0 spiro atoms. The van der Waals surface area contributed by atoms with E-state index in [-0.39, 0.29) is 29.9 Å². The fraction of sp³-hybridized carbons (Fsp3) is 0.556. The van der Waals surface area contributed by atoms with Crippen LogP contribution in [0.3, 0.4) is 0 Å². The maximum Gasteiger partial charge on any atom is 0.227 e. The second-order valence-electron chi connectivity index (χ2n) is 6.28. The molecule has 8 nitrogen and oxygen atoms in total. The molecular formula is C18H31IN4O4. The van der Waals surface area contributed by atoms with Gasteiger partial charge in [0, 0.05) is 27.2 Å². The third-order valence-corrected chi connectivity index (χ3v) is 3.95. The normalized spacial score (nSPS) is 11.1. The van der Waals surface area contributed by atoms with Gasteiger partial charge in [0.15, 0.2) is 17.5 Å². The van der Waals surface area contributed by atoms with Crippen LogP contribution in [0.15, 0.2) is 17.1 Å². The van der Waals surface area contributed by atoms with Crippen molar-refractivity contribution in [3.63, 3.8) is 0 Å². The van der Waals surface area contributed by atoms with Gasteiger partial charge in [0.2, 0.25) is 11.7 Å². The van der Waals surface area contributed by atoms with Crippen molar-refractivity contribution in [3.05, 3.63) is 17.7 Å². The summed E-state index contributed by atoms with van der Waals surface area (Å²) in [6, 6.07) is 3.74. The highest BCUT2D eigenvalue weighted by Gasteiger charge is 2.26. The van der Waals surface area contributed by atoms with E-state index >= 15 is 0 Å². The first-order valence-corrected chi connectivity index (χ1v) is 8.28. The number of benzene rings is 1. The smallest absolute Gasteiger partial charge is 0.227 e. The Labute approximate surface area is 178 Å². The summed E-state index contributed by atoms with van der Waals surface area (Å²) in [5, 5.41) is 9.04. The molecule has 0 fully saturated rings. The van der Waals surface area contributed by atoms with Crippen LogP contribution in [-0.2, 0) is 11.3 Å². The minimum atomic E-state index is -0.557. The fourth-order valence-corrected chi connectivity index (χ4v) is 2.37. The number of rotatable bonds is 8. The molecule has 9 heteroatoms. The zero-order chi connectivity index (χ0) is 19.7. The summed E-state index contributed by atoms with van der Waals surface area (Å²) in [6.07, 6.45) is 0. The molecule has 0 saturated heterocycles. The molecule has 0 bridgehead atoms. The largest absolute Gasteiger partial charge is 0.493 e. The van der Waals surface area contributed by atoms with E-state index < -0.39 is 5.41 Å². The SMILES string of the molecule is CN=C(NCc1cc(OC)c(OC)c(OC)c1)NCC(C)(C)C(=O)NC.I. The van der Waals surface area contributed by atoms with E-state index in [1.54, 1.807) is 35.4 Å². The maximum atomic E-state index is 11.9. The molecule has 0 radical (unpaired) electrons. The minimum absolute atomic E-state index is 0. The van der Waals surface area contributed by atoms with Crippen molar-refractivity contribution >= 4 is 35.8 Å². The number of methoxy groups -OCH3 is 3. The number of carbonyl (C=O) groups excluding carboxylic acids is 1. The summed E-state index contributed by atoms with van der Waals surface area (Å²) in [5.41, 5.74) is 0.381. The number of nitrogens with zero attached hydrogens (tertiary/aromatic N) is 1. The molecule has 0 aliphatic heterocycles. The lowest BCUT2D eigenvalue weighted by Gasteiger charge is -2.24. The molecule has 0 aliphatic rings. The summed E-state index contributed by atoms with van der Waals surface area (Å²) in [4.78, 5) is 16.0. The lowest BCUT2D eigenvalue weighted by molar-refractivity contribution is -0.128. The summed E-state index contributed by atoms with van der Waals surface area (Å²) in [5.74, 6) is 2.29. The second kappa shape index (κ2) is 11.7. The summed E-state index contributed by atoms with van der Waals surface area (Å²) in [6.45, 7) is 4.68. The van der Waals surface area contributed by atoms with E-state index in [1.807, 2.05) is 26.0 Å². The van der Waals surface area contributed by atoms with Crippen LogP contribution in [0.4, 0.5) is 0 Å². The van der Waals surface area contributed by atoms with Crippen LogP contribution in [0.2, 0.25) is 0 Å². The molecule has 1 aromatic carbocycles. The van der Waals surface area contributed by atoms with Crippen molar-refractivity contribution in [2.75, 3.05) is 42.0 Å². The van der Waals surface area contributed by atoms with Crippen molar-refractivity contribution in [1.82, 2.24) is 16.0 Å². The number of ether oxygens (including phenoxy) is 3. The first kappa shape index (κ1) is 25.1. The number of halogens is 1. The minimum Gasteiger partial charge on any atom is -0.493 e. The van der Waals surface area contributed by atoms with Crippen LogP contribution >= 0.6 is 24.0 Å². The zero-order valence-electron chi connectivity index (χ0n) is 17.1. The van der Waals surface area contributed by atoms with Crippen LogP contribution in [0.5, 0.6) is 17.2 Å². The molecule has 0 aliphatic carbocycles. The van der Waals surface area contributed by atoms with E-state index in [2.05, 4.69) is 20.9 Å². The van der Waals surface area contributed by atoms with E-state index in [4.69, 9.17) is 14.2 Å². The van der Waals surface area contributed by atoms with Crippen molar-refractivity contribution < 1.29 is 19.0 Å². The van der Waals surface area contributed by atoms with Gasteiger partial charge in [-0.15, -0.1) is 24.0 Å². The van der Waals surface area contributed by atoms with Gasteiger partial charge in [-0.2, -0.15) is 0 Å². The Bertz CT molecular complexity index is 625. The number of carbonyl (C=O) groups is 1. The number of nitrogens with one attached hydrogen (secondary N) is 3. The van der Waals surface area contributed by atoms with Crippen molar-refractivity contribution in [2.24, 2.45) is 10.4 Å². The molecule has 3 N–H and O–H groups in total. The van der Waals surface area contributed by atoms with Gasteiger partial charge in [-0.3, -0.25) is 9.79 Å². The van der Waals surface area contributed by atoms with Crippen LogP contribution in [-0.4, -0.2) is 53.8 Å². The van der Waals surface area contributed by atoms with Gasteiger partial charge < -0.3 is 30.2 Å². The van der Waals surface area contributed by atoms with Crippen LogP contribution in [0, 0.1) is 5.41 Å². The Balaban J connectivity index is 0.00000676.